The van der Waals surface area contributed by atoms with Crippen LogP contribution in [0.4, 0.5) is 5.69 Å². The van der Waals surface area contributed by atoms with E-state index in [-0.39, 0.29) is 11.5 Å². The first-order valence-corrected chi connectivity index (χ1v) is 6.73. The second-order valence-corrected chi connectivity index (χ2v) is 4.96. The number of nitrogens with zero attached hydrogens (tertiary/aromatic N) is 1. The molecule has 0 aliphatic carbocycles. The van der Waals surface area contributed by atoms with Gasteiger partial charge in [0.2, 0.25) is 5.75 Å². The van der Waals surface area contributed by atoms with E-state index in [1.807, 2.05) is 37.2 Å². The van der Waals surface area contributed by atoms with Crippen LogP contribution in [0.5, 0.6) is 11.5 Å². The molecule has 0 fully saturated rings. The molecule has 0 unspecified atom stereocenters. The summed E-state index contributed by atoms with van der Waals surface area (Å²) in [4.78, 5) is 16.4. The third-order valence-corrected chi connectivity index (χ3v) is 3.19. The Labute approximate surface area is 117 Å². The normalized spacial score (nSPS) is 10.8. The summed E-state index contributed by atoms with van der Waals surface area (Å²) in [6.07, 6.45) is 1.87. The van der Waals surface area contributed by atoms with E-state index in [1.54, 1.807) is 0 Å². The number of pyridine rings is 1. The van der Waals surface area contributed by atoms with Gasteiger partial charge in [-0.2, -0.15) is 0 Å². The molecular weight excluding hydrogens is 256 g/mol. The molecule has 1 heterocycles. The van der Waals surface area contributed by atoms with E-state index in [1.165, 1.54) is 0 Å². The van der Waals surface area contributed by atoms with Crippen molar-refractivity contribution in [1.29, 1.82) is 0 Å². The van der Waals surface area contributed by atoms with Gasteiger partial charge in [0, 0.05) is 25.2 Å². The third-order valence-electron chi connectivity index (χ3n) is 3.19. The predicted octanol–water partition coefficient (Wildman–Crippen LogP) is 2.48. The number of unbranched alkanes of at least 4 members (excludes halogenated alkanes) is 1. The van der Waals surface area contributed by atoms with Crippen LogP contribution < -0.4 is 15.2 Å². The molecule has 0 aliphatic heterocycles. The quantitative estimate of drug-likeness (QED) is 0.823. The number of anilines is 1. The van der Waals surface area contributed by atoms with Crippen LogP contribution in [0.1, 0.15) is 19.8 Å². The molecule has 0 atom stereocenters. The maximum Gasteiger partial charge on any atom is 0.294 e. The number of hydrogen-bond acceptors (Lipinski definition) is 4. The van der Waals surface area contributed by atoms with Crippen molar-refractivity contribution in [3.05, 3.63) is 28.6 Å². The van der Waals surface area contributed by atoms with E-state index in [9.17, 15) is 9.90 Å². The topological polar surface area (TPSA) is 65.6 Å². The largest absolute Gasteiger partial charge is 0.500 e. The summed E-state index contributed by atoms with van der Waals surface area (Å²) in [6, 6.07) is 5.64. The Hall–Kier alpha value is -2.17. The molecule has 0 saturated heterocycles. The molecule has 20 heavy (non-hydrogen) atoms. The zero-order valence-corrected chi connectivity index (χ0v) is 12.1. The van der Waals surface area contributed by atoms with Gasteiger partial charge in [-0.05, 0) is 24.6 Å². The lowest BCUT2D eigenvalue weighted by atomic mass is 10.1. The lowest BCUT2D eigenvalue weighted by Crippen LogP contribution is -2.11. The van der Waals surface area contributed by atoms with E-state index in [0.717, 1.165) is 18.5 Å². The standard InChI is InChI=1S/C15H20N2O3/c1-4-5-8-20-14-11-7-6-10(17(2)3)9-12(11)16-15(19)13(14)18/h6-7,9,18H,4-5,8H2,1-3H3,(H,16,19). The van der Waals surface area contributed by atoms with Gasteiger partial charge in [0.15, 0.2) is 5.75 Å². The summed E-state index contributed by atoms with van der Waals surface area (Å²) < 4.78 is 5.59. The SMILES string of the molecule is CCCCOc1c(O)c(=O)[nH]c2cc(N(C)C)ccc12. The highest BCUT2D eigenvalue weighted by molar-refractivity contribution is 5.89. The molecule has 0 amide bonds. The maximum atomic E-state index is 11.8. The number of benzene rings is 1. The maximum absolute atomic E-state index is 11.8. The number of ether oxygens (including phenoxy) is 1. The first kappa shape index (κ1) is 14.2. The van der Waals surface area contributed by atoms with Crippen LogP contribution in [-0.2, 0) is 0 Å². The molecule has 0 aliphatic rings. The number of hydrogen-bond donors (Lipinski definition) is 2. The summed E-state index contributed by atoms with van der Waals surface area (Å²) in [7, 11) is 3.86. The summed E-state index contributed by atoms with van der Waals surface area (Å²) in [6.45, 7) is 2.54. The average Bonchev–Trinajstić information content (AvgIpc) is 2.42. The van der Waals surface area contributed by atoms with Gasteiger partial charge in [-0.25, -0.2) is 0 Å². The van der Waals surface area contributed by atoms with E-state index >= 15 is 0 Å². The summed E-state index contributed by atoms with van der Waals surface area (Å²) in [5, 5.41) is 10.6. The molecule has 0 saturated carbocycles. The van der Waals surface area contributed by atoms with Gasteiger partial charge in [-0.3, -0.25) is 4.79 Å². The molecule has 108 valence electrons. The minimum atomic E-state index is -0.528. The van der Waals surface area contributed by atoms with Crippen molar-refractivity contribution >= 4 is 16.6 Å². The van der Waals surface area contributed by atoms with Gasteiger partial charge in [0.1, 0.15) is 0 Å². The molecule has 2 aromatic rings. The van der Waals surface area contributed by atoms with Gasteiger partial charge in [0.05, 0.1) is 12.1 Å². The van der Waals surface area contributed by atoms with Crippen molar-refractivity contribution in [2.75, 3.05) is 25.6 Å². The summed E-state index contributed by atoms with van der Waals surface area (Å²) in [5.74, 6) is -0.0892. The molecule has 0 bridgehead atoms. The first-order chi connectivity index (χ1) is 9.54. The average molecular weight is 276 g/mol. The molecule has 0 radical (unpaired) electrons. The van der Waals surface area contributed by atoms with Crippen molar-refractivity contribution in [3.63, 3.8) is 0 Å². The van der Waals surface area contributed by atoms with Crippen molar-refractivity contribution in [3.8, 4) is 11.5 Å². The van der Waals surface area contributed by atoms with Gasteiger partial charge < -0.3 is 19.7 Å². The van der Waals surface area contributed by atoms with Gasteiger partial charge in [-0.15, -0.1) is 0 Å². The number of nitrogens with one attached hydrogen (secondary N) is 1. The molecule has 5 heteroatoms. The lowest BCUT2D eigenvalue weighted by molar-refractivity contribution is 0.295. The number of fused-ring (bicyclic) bond motifs is 1. The molecule has 2 N–H and O–H groups in total. The van der Waals surface area contributed by atoms with Crippen LogP contribution >= 0.6 is 0 Å². The Morgan fingerprint density at radius 1 is 1.35 bits per heavy atom. The molecular formula is C15H20N2O3. The van der Waals surface area contributed by atoms with Gasteiger partial charge in [0.25, 0.3) is 5.56 Å². The molecule has 0 spiro atoms. The van der Waals surface area contributed by atoms with E-state index in [4.69, 9.17) is 4.74 Å². The summed E-state index contributed by atoms with van der Waals surface area (Å²) in [5.41, 5.74) is 1.10. The minimum absolute atomic E-state index is 0.266. The minimum Gasteiger partial charge on any atom is -0.500 e. The zero-order chi connectivity index (χ0) is 14.7. The van der Waals surface area contributed by atoms with Crippen LogP contribution in [0.15, 0.2) is 23.0 Å². The highest BCUT2D eigenvalue weighted by Gasteiger charge is 2.13. The van der Waals surface area contributed by atoms with Crippen LogP contribution in [0.3, 0.4) is 0 Å². The van der Waals surface area contributed by atoms with Crippen LogP contribution in [0.25, 0.3) is 10.9 Å². The number of H-pyrrole nitrogens is 1. The molecule has 5 nitrogen and oxygen atoms in total. The zero-order valence-electron chi connectivity index (χ0n) is 12.1. The monoisotopic (exact) mass is 276 g/mol. The van der Waals surface area contributed by atoms with Crippen molar-refractivity contribution in [2.45, 2.75) is 19.8 Å². The van der Waals surface area contributed by atoms with E-state index < -0.39 is 5.56 Å². The number of aromatic amines is 1. The van der Waals surface area contributed by atoms with Crippen LogP contribution in [-0.4, -0.2) is 30.8 Å². The fraction of sp³-hybridized carbons (Fsp3) is 0.400. The predicted molar refractivity (Wildman–Crippen MR) is 81.0 cm³/mol. The highest BCUT2D eigenvalue weighted by Crippen LogP contribution is 2.32. The molecule has 2 rings (SSSR count). The third kappa shape index (κ3) is 2.71. The molecule has 1 aromatic carbocycles. The highest BCUT2D eigenvalue weighted by atomic mass is 16.5. The fourth-order valence-electron chi connectivity index (χ4n) is 1.99. The second-order valence-electron chi connectivity index (χ2n) is 4.96. The number of aromatic hydroxyl groups is 1. The Bertz CT molecular complexity index is 662. The van der Waals surface area contributed by atoms with Crippen molar-refractivity contribution in [2.24, 2.45) is 0 Å². The first-order valence-electron chi connectivity index (χ1n) is 6.73. The van der Waals surface area contributed by atoms with Crippen molar-refractivity contribution in [1.82, 2.24) is 4.98 Å². The van der Waals surface area contributed by atoms with Crippen LogP contribution in [0.2, 0.25) is 0 Å². The van der Waals surface area contributed by atoms with E-state index in [0.29, 0.717) is 17.5 Å². The summed E-state index contributed by atoms with van der Waals surface area (Å²) >= 11 is 0. The van der Waals surface area contributed by atoms with Crippen molar-refractivity contribution < 1.29 is 9.84 Å². The Kier molecular flexibility index (Phi) is 4.17. The Balaban J connectivity index is 2.53. The van der Waals surface area contributed by atoms with Gasteiger partial charge >= 0.3 is 0 Å². The Morgan fingerprint density at radius 2 is 2.10 bits per heavy atom. The number of rotatable bonds is 5. The Morgan fingerprint density at radius 3 is 2.75 bits per heavy atom. The lowest BCUT2D eigenvalue weighted by Gasteiger charge is -2.15. The van der Waals surface area contributed by atoms with E-state index in [2.05, 4.69) is 11.9 Å². The smallest absolute Gasteiger partial charge is 0.294 e. The molecule has 1 aromatic heterocycles. The van der Waals surface area contributed by atoms with Gasteiger partial charge in [-0.1, -0.05) is 13.3 Å². The fourth-order valence-corrected chi connectivity index (χ4v) is 1.99. The van der Waals surface area contributed by atoms with Crippen LogP contribution in [0, 0.1) is 0 Å². The number of aromatic nitrogens is 1. The second kappa shape index (κ2) is 5.86.